The highest BCUT2D eigenvalue weighted by Gasteiger charge is 2.34. The molecule has 2 atom stereocenters. The maximum atomic E-state index is 12.6. The minimum atomic E-state index is 0. The van der Waals surface area contributed by atoms with E-state index in [1.54, 1.807) is 0 Å². The van der Waals surface area contributed by atoms with E-state index in [0.29, 0.717) is 30.8 Å². The topological polar surface area (TPSA) is 49.6 Å². The summed E-state index contributed by atoms with van der Waals surface area (Å²) >= 11 is 0. The fourth-order valence-electron chi connectivity index (χ4n) is 4.02. The number of carbonyl (C=O) groups excluding carboxylic acids is 1. The minimum Gasteiger partial charge on any atom is -0.342 e. The molecule has 0 radical (unpaired) electrons. The first-order chi connectivity index (χ1) is 11.3. The first kappa shape index (κ1) is 19.2. The second-order valence-corrected chi connectivity index (χ2v) is 7.00. The zero-order valence-corrected chi connectivity index (χ0v) is 15.2. The number of amides is 1. The number of likely N-dealkylation sites (tertiary alicyclic amines) is 2. The van der Waals surface area contributed by atoms with E-state index in [0.717, 1.165) is 39.0 Å². The van der Waals surface area contributed by atoms with Gasteiger partial charge >= 0.3 is 0 Å². The molecule has 3 rings (SSSR count). The molecule has 2 N–H and O–H groups in total. The van der Waals surface area contributed by atoms with Gasteiger partial charge in [0.05, 0.1) is 6.54 Å². The third-order valence-electron chi connectivity index (χ3n) is 5.36. The van der Waals surface area contributed by atoms with E-state index in [9.17, 15) is 4.79 Å². The third-order valence-corrected chi connectivity index (χ3v) is 5.36. The van der Waals surface area contributed by atoms with E-state index in [1.807, 2.05) is 0 Å². The quantitative estimate of drug-likeness (QED) is 0.906. The van der Waals surface area contributed by atoms with E-state index in [1.165, 1.54) is 18.4 Å². The Labute approximate surface area is 151 Å². The van der Waals surface area contributed by atoms with E-state index in [-0.39, 0.29) is 12.4 Å². The minimum absolute atomic E-state index is 0. The number of nitrogens with two attached hydrogens (primary N) is 1. The van der Waals surface area contributed by atoms with Gasteiger partial charge in [0.1, 0.15) is 0 Å². The Kier molecular flexibility index (Phi) is 7.53. The molecule has 0 aromatic heterocycles. The molecule has 2 saturated heterocycles. The second-order valence-electron chi connectivity index (χ2n) is 7.00. The molecule has 0 aliphatic carbocycles. The summed E-state index contributed by atoms with van der Waals surface area (Å²) in [6.07, 6.45) is 4.84. The van der Waals surface area contributed by atoms with Crippen LogP contribution in [0.15, 0.2) is 30.3 Å². The van der Waals surface area contributed by atoms with Gasteiger partial charge in [0.25, 0.3) is 0 Å². The van der Waals surface area contributed by atoms with Crippen LogP contribution in [0.5, 0.6) is 0 Å². The van der Waals surface area contributed by atoms with Crippen molar-refractivity contribution < 1.29 is 4.79 Å². The summed E-state index contributed by atoms with van der Waals surface area (Å²) in [6, 6.07) is 10.6. The van der Waals surface area contributed by atoms with Crippen LogP contribution in [0.1, 0.15) is 37.2 Å². The van der Waals surface area contributed by atoms with E-state index >= 15 is 0 Å². The zero-order chi connectivity index (χ0) is 16.1. The lowest BCUT2D eigenvalue weighted by molar-refractivity contribution is -0.132. The summed E-state index contributed by atoms with van der Waals surface area (Å²) in [6.45, 7) is 5.01. The molecular formula is C19H30ClN3O. The Hall–Kier alpha value is -1.10. The van der Waals surface area contributed by atoms with Crippen LogP contribution in [-0.2, 0) is 4.79 Å². The van der Waals surface area contributed by atoms with E-state index in [4.69, 9.17) is 5.73 Å². The van der Waals surface area contributed by atoms with E-state index in [2.05, 4.69) is 40.1 Å². The molecule has 4 nitrogen and oxygen atoms in total. The molecule has 0 saturated carbocycles. The predicted molar refractivity (Wildman–Crippen MR) is 100 cm³/mol. The first-order valence-corrected chi connectivity index (χ1v) is 9.03. The molecule has 2 aliphatic rings. The second kappa shape index (κ2) is 9.40. The summed E-state index contributed by atoms with van der Waals surface area (Å²) in [5.41, 5.74) is 7.35. The van der Waals surface area contributed by atoms with Crippen molar-refractivity contribution in [3.63, 3.8) is 0 Å². The highest BCUT2D eigenvalue weighted by Crippen LogP contribution is 2.31. The van der Waals surface area contributed by atoms with Crippen LogP contribution < -0.4 is 5.73 Å². The largest absolute Gasteiger partial charge is 0.342 e. The maximum absolute atomic E-state index is 12.6. The van der Waals surface area contributed by atoms with Crippen molar-refractivity contribution in [2.75, 3.05) is 39.3 Å². The van der Waals surface area contributed by atoms with Crippen molar-refractivity contribution in [2.45, 2.75) is 31.6 Å². The number of hydrogen-bond acceptors (Lipinski definition) is 3. The number of halogens is 1. The lowest BCUT2D eigenvalue weighted by Crippen LogP contribution is -2.40. The number of carbonyl (C=O) groups is 1. The molecule has 1 aromatic carbocycles. The summed E-state index contributed by atoms with van der Waals surface area (Å²) < 4.78 is 0. The zero-order valence-electron chi connectivity index (χ0n) is 14.4. The Morgan fingerprint density at radius 1 is 1.04 bits per heavy atom. The molecule has 2 heterocycles. The standard InChI is InChI=1S/C19H29N3O.ClH/c20-12-17-13-21(14-18(17)16-8-4-3-5-9-16)15-19(23)22-10-6-1-2-7-11-22;/h3-5,8-9,17-18H,1-2,6-7,10-15,20H2;1H/t17-,18+;/m1./s1. The molecule has 0 spiro atoms. The fourth-order valence-corrected chi connectivity index (χ4v) is 4.02. The Balaban J connectivity index is 0.00000208. The SMILES string of the molecule is Cl.NC[C@@H]1CN(CC(=O)N2CCCCCC2)C[C@H]1c1ccccc1. The fraction of sp³-hybridized carbons (Fsp3) is 0.632. The van der Waals surface area contributed by atoms with Gasteiger partial charge in [-0.1, -0.05) is 43.2 Å². The molecule has 2 fully saturated rings. The van der Waals surface area contributed by atoms with Gasteiger partial charge in [0.15, 0.2) is 0 Å². The van der Waals surface area contributed by atoms with Gasteiger partial charge in [-0.25, -0.2) is 0 Å². The van der Waals surface area contributed by atoms with Crippen molar-refractivity contribution >= 4 is 18.3 Å². The highest BCUT2D eigenvalue weighted by atomic mass is 35.5. The van der Waals surface area contributed by atoms with Crippen LogP contribution in [0.4, 0.5) is 0 Å². The average Bonchev–Trinajstić information content (AvgIpc) is 2.80. The normalized spacial score (nSPS) is 25.1. The summed E-state index contributed by atoms with van der Waals surface area (Å²) in [4.78, 5) is 17.0. The predicted octanol–water partition coefficient (Wildman–Crippen LogP) is 2.49. The maximum Gasteiger partial charge on any atom is 0.236 e. The van der Waals surface area contributed by atoms with Crippen LogP contribution in [0.3, 0.4) is 0 Å². The summed E-state index contributed by atoms with van der Waals surface area (Å²) in [7, 11) is 0. The smallest absolute Gasteiger partial charge is 0.236 e. The monoisotopic (exact) mass is 351 g/mol. The van der Waals surface area contributed by atoms with Crippen LogP contribution in [0.25, 0.3) is 0 Å². The van der Waals surface area contributed by atoms with Crippen molar-refractivity contribution in [1.82, 2.24) is 9.80 Å². The van der Waals surface area contributed by atoms with Gasteiger partial charge < -0.3 is 10.6 Å². The van der Waals surface area contributed by atoms with Gasteiger partial charge in [0, 0.05) is 32.1 Å². The molecule has 1 aromatic rings. The van der Waals surface area contributed by atoms with Gasteiger partial charge in [-0.05, 0) is 30.9 Å². The van der Waals surface area contributed by atoms with Crippen molar-refractivity contribution in [3.8, 4) is 0 Å². The van der Waals surface area contributed by atoms with E-state index < -0.39 is 0 Å². The molecule has 5 heteroatoms. The number of nitrogens with zero attached hydrogens (tertiary/aromatic N) is 2. The molecule has 0 unspecified atom stereocenters. The molecule has 2 aliphatic heterocycles. The summed E-state index contributed by atoms with van der Waals surface area (Å²) in [5.74, 6) is 1.21. The Bertz CT molecular complexity index is 503. The summed E-state index contributed by atoms with van der Waals surface area (Å²) in [5, 5.41) is 0. The lowest BCUT2D eigenvalue weighted by atomic mass is 9.89. The van der Waals surface area contributed by atoms with Crippen molar-refractivity contribution in [2.24, 2.45) is 11.7 Å². The molecule has 24 heavy (non-hydrogen) atoms. The van der Waals surface area contributed by atoms with Crippen molar-refractivity contribution in [3.05, 3.63) is 35.9 Å². The lowest BCUT2D eigenvalue weighted by Gasteiger charge is -2.24. The van der Waals surface area contributed by atoms with Crippen LogP contribution in [0.2, 0.25) is 0 Å². The molecule has 134 valence electrons. The average molecular weight is 352 g/mol. The van der Waals surface area contributed by atoms with Crippen LogP contribution in [-0.4, -0.2) is 55.0 Å². The van der Waals surface area contributed by atoms with Crippen LogP contribution in [0, 0.1) is 5.92 Å². The van der Waals surface area contributed by atoms with Crippen molar-refractivity contribution in [1.29, 1.82) is 0 Å². The number of rotatable bonds is 4. The number of hydrogen-bond donors (Lipinski definition) is 1. The molecular weight excluding hydrogens is 322 g/mol. The molecule has 1 amide bonds. The number of benzene rings is 1. The van der Waals surface area contributed by atoms with Gasteiger partial charge in [0.2, 0.25) is 5.91 Å². The highest BCUT2D eigenvalue weighted by molar-refractivity contribution is 5.85. The van der Waals surface area contributed by atoms with Crippen LogP contribution >= 0.6 is 12.4 Å². The first-order valence-electron chi connectivity index (χ1n) is 9.03. The molecule has 0 bridgehead atoms. The Morgan fingerprint density at radius 2 is 1.71 bits per heavy atom. The Morgan fingerprint density at radius 3 is 2.33 bits per heavy atom. The van der Waals surface area contributed by atoms with Gasteiger partial charge in [-0.2, -0.15) is 0 Å². The van der Waals surface area contributed by atoms with Gasteiger partial charge in [-0.15, -0.1) is 12.4 Å². The van der Waals surface area contributed by atoms with Gasteiger partial charge in [-0.3, -0.25) is 9.69 Å². The third kappa shape index (κ3) is 4.71.